The van der Waals surface area contributed by atoms with E-state index in [-0.39, 0.29) is 11.1 Å². The Hall–Kier alpha value is -1.18. The highest BCUT2D eigenvalue weighted by Gasteiger charge is 2.26. The van der Waals surface area contributed by atoms with Crippen molar-refractivity contribution in [1.29, 1.82) is 0 Å². The smallest absolute Gasteiger partial charge is 0.260 e. The lowest BCUT2D eigenvalue weighted by atomic mass is 10.1. The largest absolute Gasteiger partial charge is 0.383 e. The summed E-state index contributed by atoms with van der Waals surface area (Å²) in [6.45, 7) is 4.40. The number of piperidine rings is 1. The van der Waals surface area contributed by atoms with Crippen LogP contribution in [0.15, 0.2) is 23.4 Å². The van der Waals surface area contributed by atoms with Gasteiger partial charge in [-0.1, -0.05) is 0 Å². The first kappa shape index (κ1) is 15.2. The van der Waals surface area contributed by atoms with Gasteiger partial charge in [-0.3, -0.25) is 0 Å². The summed E-state index contributed by atoms with van der Waals surface area (Å²) >= 11 is 0. The number of nitrogens with zero attached hydrogens (tertiary/aromatic N) is 2. The maximum Gasteiger partial charge on any atom is 0.260 e. The molecule has 0 radical (unpaired) electrons. The Morgan fingerprint density at radius 2 is 2.10 bits per heavy atom. The van der Waals surface area contributed by atoms with Gasteiger partial charge in [0, 0.05) is 18.8 Å². The molecule has 0 atom stereocenters. The molecule has 6 nitrogen and oxygen atoms in total. The summed E-state index contributed by atoms with van der Waals surface area (Å²) in [5.74, 6) is 0. The van der Waals surface area contributed by atoms with Crippen LogP contribution in [0.4, 0.5) is 5.69 Å². The monoisotopic (exact) mass is 298 g/mol. The molecule has 0 aromatic carbocycles. The molecule has 1 aromatic rings. The highest BCUT2D eigenvalue weighted by molar-refractivity contribution is 7.89. The van der Waals surface area contributed by atoms with Crippen molar-refractivity contribution in [2.45, 2.75) is 30.8 Å². The summed E-state index contributed by atoms with van der Waals surface area (Å²) < 4.78 is 27.7. The van der Waals surface area contributed by atoms with Gasteiger partial charge in [0.25, 0.3) is 10.0 Å². The van der Waals surface area contributed by atoms with Crippen LogP contribution < -0.4 is 10.0 Å². The second-order valence-electron chi connectivity index (χ2n) is 5.09. The molecule has 7 heteroatoms. The van der Waals surface area contributed by atoms with Crippen molar-refractivity contribution in [2.24, 2.45) is 0 Å². The quantitative estimate of drug-likeness (QED) is 0.844. The van der Waals surface area contributed by atoms with Crippen molar-refractivity contribution in [2.75, 3.05) is 32.0 Å². The zero-order chi connectivity index (χ0) is 14.6. The number of nitrogens with one attached hydrogen (secondary N) is 2. The standard InChI is InChI=1S/C13H22N4O2S/c1-3-14-12-5-4-8-15-13(12)20(18,19)16-11-6-9-17(2)10-7-11/h4-5,8,11,14,16H,3,6-7,9-10H2,1-2H3. The van der Waals surface area contributed by atoms with Crippen LogP contribution in [0, 0.1) is 0 Å². The Kier molecular flexibility index (Phi) is 4.95. The maximum absolute atomic E-state index is 12.5. The van der Waals surface area contributed by atoms with Crippen LogP contribution in [0.1, 0.15) is 19.8 Å². The van der Waals surface area contributed by atoms with Crippen LogP contribution in [-0.2, 0) is 10.0 Å². The fourth-order valence-electron chi connectivity index (χ4n) is 2.33. The van der Waals surface area contributed by atoms with Gasteiger partial charge in [0.15, 0.2) is 5.03 Å². The first-order chi connectivity index (χ1) is 9.53. The average molecular weight is 298 g/mol. The molecule has 2 rings (SSSR count). The molecule has 1 aliphatic heterocycles. The second-order valence-corrected chi connectivity index (χ2v) is 6.71. The molecule has 0 spiro atoms. The number of sulfonamides is 1. The maximum atomic E-state index is 12.5. The van der Waals surface area contributed by atoms with E-state index in [9.17, 15) is 8.42 Å². The summed E-state index contributed by atoms with van der Waals surface area (Å²) in [5.41, 5.74) is 0.551. The number of hydrogen-bond donors (Lipinski definition) is 2. The number of hydrogen-bond acceptors (Lipinski definition) is 5. The van der Waals surface area contributed by atoms with Crippen LogP contribution >= 0.6 is 0 Å². The molecular formula is C13H22N4O2S. The van der Waals surface area contributed by atoms with Gasteiger partial charge >= 0.3 is 0 Å². The lowest BCUT2D eigenvalue weighted by Crippen LogP contribution is -2.43. The van der Waals surface area contributed by atoms with Crippen molar-refractivity contribution < 1.29 is 8.42 Å². The lowest BCUT2D eigenvalue weighted by Gasteiger charge is -2.29. The zero-order valence-corrected chi connectivity index (χ0v) is 12.8. The predicted molar refractivity (Wildman–Crippen MR) is 79.2 cm³/mol. The molecule has 0 amide bonds. The van der Waals surface area contributed by atoms with Crippen LogP contribution in [0.5, 0.6) is 0 Å². The van der Waals surface area contributed by atoms with E-state index in [0.29, 0.717) is 12.2 Å². The molecule has 1 aromatic heterocycles. The molecular weight excluding hydrogens is 276 g/mol. The van der Waals surface area contributed by atoms with E-state index in [1.807, 2.05) is 14.0 Å². The average Bonchev–Trinajstić information content (AvgIpc) is 2.42. The summed E-state index contributed by atoms with van der Waals surface area (Å²) in [5, 5.41) is 3.12. The van der Waals surface area contributed by atoms with Gasteiger partial charge in [-0.25, -0.2) is 18.1 Å². The molecule has 0 unspecified atom stereocenters. The summed E-state index contributed by atoms with van der Waals surface area (Å²) in [6, 6.07) is 3.46. The minimum Gasteiger partial charge on any atom is -0.383 e. The van der Waals surface area contributed by atoms with Gasteiger partial charge in [0.2, 0.25) is 0 Å². The Bertz CT molecular complexity index is 539. The highest BCUT2D eigenvalue weighted by Crippen LogP contribution is 2.19. The molecule has 20 heavy (non-hydrogen) atoms. The van der Waals surface area contributed by atoms with Crippen molar-refractivity contribution in [3.05, 3.63) is 18.3 Å². The van der Waals surface area contributed by atoms with Crippen LogP contribution in [0.25, 0.3) is 0 Å². The summed E-state index contributed by atoms with van der Waals surface area (Å²) in [7, 11) is -1.52. The fourth-order valence-corrected chi connectivity index (χ4v) is 3.75. The van der Waals surface area contributed by atoms with E-state index < -0.39 is 10.0 Å². The Morgan fingerprint density at radius 1 is 1.40 bits per heavy atom. The van der Waals surface area contributed by atoms with Gasteiger partial charge in [0.05, 0.1) is 5.69 Å². The van der Waals surface area contributed by atoms with Gasteiger partial charge in [-0.15, -0.1) is 0 Å². The second kappa shape index (κ2) is 6.51. The number of anilines is 1. The topological polar surface area (TPSA) is 74.3 Å². The number of pyridine rings is 1. The Morgan fingerprint density at radius 3 is 2.75 bits per heavy atom. The predicted octanol–water partition coefficient (Wildman–Crippen LogP) is 0.886. The van der Waals surface area contributed by atoms with E-state index in [2.05, 4.69) is 19.9 Å². The van der Waals surface area contributed by atoms with Gasteiger partial charge < -0.3 is 10.2 Å². The number of likely N-dealkylation sites (tertiary alicyclic amines) is 1. The summed E-state index contributed by atoms with van der Waals surface area (Å²) in [6.07, 6.45) is 3.17. The van der Waals surface area contributed by atoms with E-state index in [4.69, 9.17) is 0 Å². The molecule has 0 bridgehead atoms. The third kappa shape index (κ3) is 3.68. The number of aromatic nitrogens is 1. The molecule has 1 fully saturated rings. The van der Waals surface area contributed by atoms with Crippen molar-refractivity contribution in [3.8, 4) is 0 Å². The first-order valence-corrected chi connectivity index (χ1v) is 8.41. The SMILES string of the molecule is CCNc1cccnc1S(=O)(=O)NC1CCN(C)CC1. The van der Waals surface area contributed by atoms with E-state index in [0.717, 1.165) is 25.9 Å². The molecule has 1 aliphatic rings. The van der Waals surface area contributed by atoms with Crippen LogP contribution in [0.3, 0.4) is 0 Å². The van der Waals surface area contributed by atoms with Gasteiger partial charge in [-0.05, 0) is 52.0 Å². The van der Waals surface area contributed by atoms with Crippen molar-refractivity contribution in [3.63, 3.8) is 0 Å². The Balaban J connectivity index is 2.14. The lowest BCUT2D eigenvalue weighted by molar-refractivity contribution is 0.248. The van der Waals surface area contributed by atoms with Gasteiger partial charge in [-0.2, -0.15) is 0 Å². The minimum atomic E-state index is -3.57. The van der Waals surface area contributed by atoms with Crippen LogP contribution in [-0.4, -0.2) is 51.0 Å². The zero-order valence-electron chi connectivity index (χ0n) is 12.0. The number of rotatable bonds is 5. The molecule has 1 saturated heterocycles. The molecule has 112 valence electrons. The molecule has 2 heterocycles. The molecule has 2 N–H and O–H groups in total. The third-order valence-corrected chi connectivity index (χ3v) is 4.91. The van der Waals surface area contributed by atoms with Crippen molar-refractivity contribution in [1.82, 2.24) is 14.6 Å². The molecule has 0 saturated carbocycles. The minimum absolute atomic E-state index is 0.00678. The van der Waals surface area contributed by atoms with E-state index in [1.54, 1.807) is 12.1 Å². The Labute approximate surface area is 120 Å². The summed E-state index contributed by atoms with van der Waals surface area (Å²) in [4.78, 5) is 6.23. The molecule has 0 aliphatic carbocycles. The van der Waals surface area contributed by atoms with E-state index >= 15 is 0 Å². The normalized spacial score (nSPS) is 18.1. The first-order valence-electron chi connectivity index (χ1n) is 6.92. The van der Waals surface area contributed by atoms with Gasteiger partial charge in [0.1, 0.15) is 0 Å². The van der Waals surface area contributed by atoms with Crippen molar-refractivity contribution >= 4 is 15.7 Å². The fraction of sp³-hybridized carbons (Fsp3) is 0.615. The van der Waals surface area contributed by atoms with Crippen LogP contribution in [0.2, 0.25) is 0 Å². The third-order valence-electron chi connectivity index (χ3n) is 3.43. The highest BCUT2D eigenvalue weighted by atomic mass is 32.2. The van der Waals surface area contributed by atoms with E-state index in [1.165, 1.54) is 6.20 Å².